The Hall–Kier alpha value is -3.40. The topological polar surface area (TPSA) is 55.4 Å². The number of rotatable bonds is 6. The first kappa shape index (κ1) is 18.4. The van der Waals surface area contributed by atoms with E-state index < -0.39 is 0 Å². The molecule has 4 nitrogen and oxygen atoms in total. The predicted molar refractivity (Wildman–Crippen MR) is 106 cm³/mol. The number of hydrogen-bond acceptors (Lipinski definition) is 3. The third-order valence-corrected chi connectivity index (χ3v) is 4.17. The molecule has 4 heteroatoms. The van der Waals surface area contributed by atoms with Crippen molar-refractivity contribution in [1.82, 2.24) is 0 Å². The van der Waals surface area contributed by atoms with Crippen LogP contribution in [-0.4, -0.2) is 18.3 Å². The Bertz CT molecular complexity index is 964. The summed E-state index contributed by atoms with van der Waals surface area (Å²) in [5.41, 5.74) is 3.61. The van der Waals surface area contributed by atoms with Crippen LogP contribution in [0.5, 0.6) is 5.75 Å². The second-order valence-corrected chi connectivity index (χ2v) is 6.35. The van der Waals surface area contributed by atoms with Gasteiger partial charge >= 0.3 is 0 Å². The number of amides is 1. The maximum atomic E-state index is 12.7. The van der Waals surface area contributed by atoms with E-state index >= 15 is 0 Å². The van der Waals surface area contributed by atoms with Gasteiger partial charge in [-0.1, -0.05) is 60.2 Å². The average Bonchev–Trinajstić information content (AvgIpc) is 2.68. The SMILES string of the molecule is Cc1ccc(OCC(=O)Nc2ccccc2C(=O)c2ccccc2)c(C)c1. The first-order valence-corrected chi connectivity index (χ1v) is 8.73. The Morgan fingerprint density at radius 1 is 0.889 bits per heavy atom. The van der Waals surface area contributed by atoms with E-state index in [9.17, 15) is 9.59 Å². The highest BCUT2D eigenvalue weighted by Crippen LogP contribution is 2.21. The molecule has 0 atom stereocenters. The Balaban J connectivity index is 1.70. The van der Waals surface area contributed by atoms with Gasteiger partial charge in [-0.25, -0.2) is 0 Å². The molecule has 136 valence electrons. The van der Waals surface area contributed by atoms with Crippen LogP contribution in [0.3, 0.4) is 0 Å². The lowest BCUT2D eigenvalue weighted by Crippen LogP contribution is -2.22. The molecule has 0 aliphatic carbocycles. The maximum absolute atomic E-state index is 12.7. The van der Waals surface area contributed by atoms with Crippen LogP contribution in [0, 0.1) is 13.8 Å². The monoisotopic (exact) mass is 359 g/mol. The Morgan fingerprint density at radius 3 is 2.33 bits per heavy atom. The van der Waals surface area contributed by atoms with Crippen molar-refractivity contribution in [2.45, 2.75) is 13.8 Å². The van der Waals surface area contributed by atoms with Crippen LogP contribution in [0.25, 0.3) is 0 Å². The van der Waals surface area contributed by atoms with Gasteiger partial charge in [0, 0.05) is 11.1 Å². The summed E-state index contributed by atoms with van der Waals surface area (Å²) >= 11 is 0. The van der Waals surface area contributed by atoms with Crippen molar-refractivity contribution in [3.05, 3.63) is 95.1 Å². The van der Waals surface area contributed by atoms with Crippen LogP contribution in [0.15, 0.2) is 72.8 Å². The van der Waals surface area contributed by atoms with Crippen LogP contribution < -0.4 is 10.1 Å². The van der Waals surface area contributed by atoms with Crippen molar-refractivity contribution in [2.24, 2.45) is 0 Å². The van der Waals surface area contributed by atoms with Crippen molar-refractivity contribution in [3.63, 3.8) is 0 Å². The zero-order chi connectivity index (χ0) is 19.2. The summed E-state index contributed by atoms with van der Waals surface area (Å²) < 4.78 is 5.61. The van der Waals surface area contributed by atoms with Gasteiger partial charge in [-0.2, -0.15) is 0 Å². The number of carbonyl (C=O) groups is 2. The Kier molecular flexibility index (Phi) is 5.67. The molecule has 0 bridgehead atoms. The molecule has 0 aromatic heterocycles. The zero-order valence-electron chi connectivity index (χ0n) is 15.4. The van der Waals surface area contributed by atoms with Gasteiger partial charge in [0.25, 0.3) is 5.91 Å². The first-order valence-electron chi connectivity index (χ1n) is 8.73. The number of aryl methyl sites for hydroxylation is 2. The number of ketones is 1. The number of ether oxygens (including phenoxy) is 1. The summed E-state index contributed by atoms with van der Waals surface area (Å²) in [5, 5.41) is 2.78. The summed E-state index contributed by atoms with van der Waals surface area (Å²) in [7, 11) is 0. The van der Waals surface area contributed by atoms with Gasteiger partial charge in [-0.3, -0.25) is 9.59 Å². The minimum absolute atomic E-state index is 0.127. The van der Waals surface area contributed by atoms with E-state index in [4.69, 9.17) is 4.74 Å². The predicted octanol–water partition coefficient (Wildman–Crippen LogP) is 4.55. The summed E-state index contributed by atoms with van der Waals surface area (Å²) in [6.07, 6.45) is 0. The summed E-state index contributed by atoms with van der Waals surface area (Å²) in [6, 6.07) is 21.8. The van der Waals surface area contributed by atoms with Gasteiger partial charge in [0.2, 0.25) is 0 Å². The molecule has 27 heavy (non-hydrogen) atoms. The molecule has 3 rings (SSSR count). The van der Waals surface area contributed by atoms with E-state index in [-0.39, 0.29) is 18.3 Å². The van der Waals surface area contributed by atoms with Gasteiger partial charge < -0.3 is 10.1 Å². The second-order valence-electron chi connectivity index (χ2n) is 6.35. The highest BCUT2D eigenvalue weighted by atomic mass is 16.5. The van der Waals surface area contributed by atoms with E-state index in [2.05, 4.69) is 5.32 Å². The van der Waals surface area contributed by atoms with Gasteiger partial charge in [-0.05, 0) is 37.6 Å². The number of benzene rings is 3. The smallest absolute Gasteiger partial charge is 0.262 e. The molecule has 0 saturated heterocycles. The summed E-state index contributed by atoms with van der Waals surface area (Å²) in [5.74, 6) is 0.217. The standard InChI is InChI=1S/C23H21NO3/c1-16-12-13-21(17(2)14-16)27-15-22(25)24-20-11-7-6-10-19(20)23(26)18-8-4-3-5-9-18/h3-14H,15H2,1-2H3,(H,24,25). The number of hydrogen-bond donors (Lipinski definition) is 1. The molecule has 0 radical (unpaired) electrons. The lowest BCUT2D eigenvalue weighted by molar-refractivity contribution is -0.118. The first-order chi connectivity index (χ1) is 13.0. The summed E-state index contributed by atoms with van der Waals surface area (Å²) in [4.78, 5) is 25.0. The minimum Gasteiger partial charge on any atom is -0.483 e. The van der Waals surface area contributed by atoms with Crippen LogP contribution in [0.2, 0.25) is 0 Å². The molecule has 1 N–H and O–H groups in total. The molecule has 1 amide bonds. The molecule has 0 fully saturated rings. The fourth-order valence-electron chi connectivity index (χ4n) is 2.83. The number of carbonyl (C=O) groups excluding carboxylic acids is 2. The fourth-order valence-corrected chi connectivity index (χ4v) is 2.83. The number of anilines is 1. The van der Waals surface area contributed by atoms with Gasteiger partial charge in [0.1, 0.15) is 5.75 Å². The molecule has 3 aromatic carbocycles. The van der Waals surface area contributed by atoms with Crippen molar-refractivity contribution >= 4 is 17.4 Å². The molecule has 0 aliphatic rings. The third kappa shape index (κ3) is 4.61. The maximum Gasteiger partial charge on any atom is 0.262 e. The van der Waals surface area contributed by atoms with Crippen LogP contribution in [0.1, 0.15) is 27.0 Å². The lowest BCUT2D eigenvalue weighted by atomic mass is 10.0. The minimum atomic E-state index is -0.316. The van der Waals surface area contributed by atoms with E-state index in [0.717, 1.165) is 11.1 Å². The van der Waals surface area contributed by atoms with Gasteiger partial charge in [0.05, 0.1) is 5.69 Å². The fraction of sp³-hybridized carbons (Fsp3) is 0.130. The normalized spacial score (nSPS) is 10.3. The van der Waals surface area contributed by atoms with Crippen molar-refractivity contribution in [2.75, 3.05) is 11.9 Å². The number of nitrogens with one attached hydrogen (secondary N) is 1. The van der Waals surface area contributed by atoms with Gasteiger partial charge in [-0.15, -0.1) is 0 Å². The molecule has 0 unspecified atom stereocenters. The molecular weight excluding hydrogens is 338 g/mol. The Morgan fingerprint density at radius 2 is 1.59 bits per heavy atom. The van der Waals surface area contributed by atoms with Crippen LogP contribution in [0.4, 0.5) is 5.69 Å². The third-order valence-electron chi connectivity index (χ3n) is 4.17. The van der Waals surface area contributed by atoms with E-state index in [1.807, 2.05) is 50.2 Å². The molecular formula is C23H21NO3. The molecule has 3 aromatic rings. The lowest BCUT2D eigenvalue weighted by Gasteiger charge is -2.12. The van der Waals surface area contributed by atoms with Crippen molar-refractivity contribution in [3.8, 4) is 5.75 Å². The van der Waals surface area contributed by atoms with E-state index in [0.29, 0.717) is 22.6 Å². The highest BCUT2D eigenvalue weighted by Gasteiger charge is 2.15. The highest BCUT2D eigenvalue weighted by molar-refractivity contribution is 6.13. The van der Waals surface area contributed by atoms with Crippen LogP contribution in [-0.2, 0) is 4.79 Å². The average molecular weight is 359 g/mol. The zero-order valence-corrected chi connectivity index (χ0v) is 15.4. The largest absolute Gasteiger partial charge is 0.483 e. The summed E-state index contributed by atoms with van der Waals surface area (Å²) in [6.45, 7) is 3.82. The van der Waals surface area contributed by atoms with Crippen molar-refractivity contribution < 1.29 is 14.3 Å². The molecule has 0 aliphatic heterocycles. The van der Waals surface area contributed by atoms with Crippen molar-refractivity contribution in [1.29, 1.82) is 0 Å². The Labute approximate surface area is 158 Å². The molecule has 0 spiro atoms. The van der Waals surface area contributed by atoms with E-state index in [1.165, 1.54) is 0 Å². The molecule has 0 heterocycles. The quantitative estimate of drug-likeness (QED) is 0.657. The molecule has 0 saturated carbocycles. The van der Waals surface area contributed by atoms with E-state index in [1.54, 1.807) is 36.4 Å². The number of para-hydroxylation sites is 1. The van der Waals surface area contributed by atoms with Gasteiger partial charge in [0.15, 0.2) is 12.4 Å². The van der Waals surface area contributed by atoms with Crippen LogP contribution >= 0.6 is 0 Å². The second kappa shape index (κ2) is 8.32.